The predicted octanol–water partition coefficient (Wildman–Crippen LogP) is 4.34. The standard InChI is InChI=1S/C18H14F3N3O2/c1-10-16(12-4-2-3-5-15(12)26-10)17(22)13-7-23-11(8-25)6-14(13)24-9-18(19,20)21/h2-8,22H,9H2,1H3,(H,23,24). The molecule has 2 heterocycles. The van der Waals surface area contributed by atoms with Gasteiger partial charge in [-0.3, -0.25) is 15.2 Å². The van der Waals surface area contributed by atoms with Crippen molar-refractivity contribution < 1.29 is 22.4 Å². The molecule has 0 aliphatic heterocycles. The molecule has 2 aromatic heterocycles. The van der Waals surface area contributed by atoms with Gasteiger partial charge >= 0.3 is 6.18 Å². The molecule has 0 saturated heterocycles. The van der Waals surface area contributed by atoms with E-state index < -0.39 is 12.7 Å². The Bertz CT molecular complexity index is 993. The summed E-state index contributed by atoms with van der Waals surface area (Å²) in [7, 11) is 0. The molecule has 0 spiro atoms. The van der Waals surface area contributed by atoms with Crippen LogP contribution in [-0.4, -0.2) is 29.7 Å². The van der Waals surface area contributed by atoms with Gasteiger partial charge in [0.05, 0.1) is 5.71 Å². The van der Waals surface area contributed by atoms with Crippen LogP contribution in [0, 0.1) is 12.3 Å². The molecule has 3 aromatic rings. The first-order chi connectivity index (χ1) is 12.3. The first-order valence-electron chi connectivity index (χ1n) is 7.63. The largest absolute Gasteiger partial charge is 0.461 e. The van der Waals surface area contributed by atoms with E-state index in [1.807, 2.05) is 0 Å². The monoisotopic (exact) mass is 361 g/mol. The molecule has 0 unspecified atom stereocenters. The molecule has 5 nitrogen and oxygen atoms in total. The molecular weight excluding hydrogens is 347 g/mol. The maximum Gasteiger partial charge on any atom is 0.405 e. The van der Waals surface area contributed by atoms with E-state index in [1.165, 1.54) is 12.3 Å². The summed E-state index contributed by atoms with van der Waals surface area (Å²) >= 11 is 0. The summed E-state index contributed by atoms with van der Waals surface area (Å²) in [5.41, 5.74) is 1.13. The van der Waals surface area contributed by atoms with E-state index in [-0.39, 0.29) is 22.7 Å². The van der Waals surface area contributed by atoms with Crippen molar-refractivity contribution in [1.29, 1.82) is 5.41 Å². The van der Waals surface area contributed by atoms with Crippen LogP contribution in [0.4, 0.5) is 18.9 Å². The molecule has 26 heavy (non-hydrogen) atoms. The van der Waals surface area contributed by atoms with Gasteiger partial charge in [-0.15, -0.1) is 0 Å². The second-order valence-corrected chi connectivity index (χ2v) is 5.65. The number of halogens is 3. The van der Waals surface area contributed by atoms with Crippen molar-refractivity contribution in [1.82, 2.24) is 4.98 Å². The number of carbonyl (C=O) groups is 1. The van der Waals surface area contributed by atoms with Gasteiger partial charge in [0, 0.05) is 28.4 Å². The lowest BCUT2D eigenvalue weighted by atomic mass is 9.99. The normalized spacial score (nSPS) is 11.5. The molecular formula is C18H14F3N3O2. The topological polar surface area (TPSA) is 79.0 Å². The molecule has 2 N–H and O–H groups in total. The molecule has 0 saturated carbocycles. The Morgan fingerprint density at radius 2 is 2.08 bits per heavy atom. The van der Waals surface area contributed by atoms with E-state index in [0.29, 0.717) is 28.6 Å². The van der Waals surface area contributed by atoms with E-state index in [9.17, 15) is 18.0 Å². The fourth-order valence-electron chi connectivity index (χ4n) is 2.69. The summed E-state index contributed by atoms with van der Waals surface area (Å²) in [6, 6.07) is 8.28. The number of aldehydes is 1. The summed E-state index contributed by atoms with van der Waals surface area (Å²) in [5, 5.41) is 11.4. The Kier molecular flexibility index (Phi) is 4.50. The number of nitrogens with zero attached hydrogens (tertiary/aromatic N) is 1. The van der Waals surface area contributed by atoms with E-state index in [1.54, 1.807) is 31.2 Å². The van der Waals surface area contributed by atoms with Crippen LogP contribution in [-0.2, 0) is 0 Å². The van der Waals surface area contributed by atoms with Crippen molar-refractivity contribution in [3.8, 4) is 0 Å². The van der Waals surface area contributed by atoms with E-state index in [2.05, 4.69) is 10.3 Å². The molecule has 0 bridgehead atoms. The number of benzene rings is 1. The minimum absolute atomic E-state index is 0.00843. The van der Waals surface area contributed by atoms with Crippen molar-refractivity contribution >= 4 is 28.7 Å². The van der Waals surface area contributed by atoms with Gasteiger partial charge in [0.2, 0.25) is 0 Å². The Morgan fingerprint density at radius 1 is 1.35 bits per heavy atom. The zero-order valence-corrected chi connectivity index (χ0v) is 13.6. The van der Waals surface area contributed by atoms with E-state index in [0.717, 1.165) is 0 Å². The van der Waals surface area contributed by atoms with Crippen LogP contribution < -0.4 is 5.32 Å². The van der Waals surface area contributed by atoms with Crippen molar-refractivity contribution in [3.05, 3.63) is 59.1 Å². The first-order valence-corrected chi connectivity index (χ1v) is 7.63. The second kappa shape index (κ2) is 6.62. The number of anilines is 1. The molecule has 8 heteroatoms. The van der Waals surface area contributed by atoms with E-state index in [4.69, 9.17) is 9.83 Å². The highest BCUT2D eigenvalue weighted by Gasteiger charge is 2.28. The van der Waals surface area contributed by atoms with Crippen LogP contribution in [0.2, 0.25) is 0 Å². The molecule has 0 aliphatic rings. The van der Waals surface area contributed by atoms with Crippen LogP contribution in [0.25, 0.3) is 11.0 Å². The zero-order valence-electron chi connectivity index (χ0n) is 13.6. The summed E-state index contributed by atoms with van der Waals surface area (Å²) in [6.45, 7) is 0.389. The lowest BCUT2D eigenvalue weighted by molar-refractivity contribution is -0.115. The van der Waals surface area contributed by atoms with Crippen molar-refractivity contribution in [2.24, 2.45) is 0 Å². The number of alkyl halides is 3. The average molecular weight is 361 g/mol. The minimum atomic E-state index is -4.44. The number of carbonyl (C=O) groups excluding carboxylic acids is 1. The van der Waals surface area contributed by atoms with Gasteiger partial charge in [-0.2, -0.15) is 13.2 Å². The number of aryl methyl sites for hydroxylation is 1. The van der Waals surface area contributed by atoms with Gasteiger partial charge in [-0.05, 0) is 19.1 Å². The summed E-state index contributed by atoms with van der Waals surface area (Å²) in [4.78, 5) is 14.8. The fourth-order valence-corrected chi connectivity index (χ4v) is 2.69. The van der Waals surface area contributed by atoms with Gasteiger partial charge in [-0.1, -0.05) is 18.2 Å². The highest BCUT2D eigenvalue weighted by molar-refractivity contribution is 6.20. The maximum absolute atomic E-state index is 12.6. The van der Waals surface area contributed by atoms with Gasteiger partial charge in [0.25, 0.3) is 0 Å². The number of fused-ring (bicyclic) bond motifs is 1. The number of para-hydroxylation sites is 1. The maximum atomic E-state index is 12.6. The number of nitrogens with one attached hydrogen (secondary N) is 2. The SMILES string of the molecule is Cc1oc2ccccc2c1C(=N)c1cnc(C=O)cc1NCC(F)(F)F. The molecule has 1 aromatic carbocycles. The van der Waals surface area contributed by atoms with Gasteiger partial charge < -0.3 is 9.73 Å². The van der Waals surface area contributed by atoms with E-state index >= 15 is 0 Å². The Labute approximate surface area is 146 Å². The Hall–Kier alpha value is -3.16. The molecule has 3 rings (SSSR count). The van der Waals surface area contributed by atoms with Crippen LogP contribution in [0.5, 0.6) is 0 Å². The third-order valence-corrected chi connectivity index (χ3v) is 3.82. The number of rotatable bonds is 5. The van der Waals surface area contributed by atoms with Crippen LogP contribution in [0.15, 0.2) is 40.9 Å². The molecule has 0 amide bonds. The van der Waals surface area contributed by atoms with Crippen molar-refractivity contribution in [3.63, 3.8) is 0 Å². The highest BCUT2D eigenvalue weighted by Crippen LogP contribution is 2.30. The van der Waals surface area contributed by atoms with Gasteiger partial charge in [-0.25, -0.2) is 0 Å². The zero-order chi connectivity index (χ0) is 18.9. The number of aromatic nitrogens is 1. The highest BCUT2D eigenvalue weighted by atomic mass is 19.4. The molecule has 0 atom stereocenters. The minimum Gasteiger partial charge on any atom is -0.461 e. The van der Waals surface area contributed by atoms with Crippen LogP contribution in [0.1, 0.15) is 27.4 Å². The molecule has 0 radical (unpaired) electrons. The third kappa shape index (κ3) is 3.44. The lowest BCUT2D eigenvalue weighted by Gasteiger charge is -2.14. The van der Waals surface area contributed by atoms with Gasteiger partial charge in [0.1, 0.15) is 23.6 Å². The number of furan rings is 1. The van der Waals surface area contributed by atoms with Crippen molar-refractivity contribution in [2.45, 2.75) is 13.1 Å². The fraction of sp³-hybridized carbons (Fsp3) is 0.167. The molecule has 0 fully saturated rings. The smallest absolute Gasteiger partial charge is 0.405 e. The quantitative estimate of drug-likeness (QED) is 0.523. The average Bonchev–Trinajstić information content (AvgIpc) is 2.94. The lowest BCUT2D eigenvalue weighted by Crippen LogP contribution is -2.23. The summed E-state index contributed by atoms with van der Waals surface area (Å²) in [6.07, 6.45) is -2.79. The summed E-state index contributed by atoms with van der Waals surface area (Å²) in [5.74, 6) is 0.470. The van der Waals surface area contributed by atoms with Gasteiger partial charge in [0.15, 0.2) is 6.29 Å². The molecule has 134 valence electrons. The van der Waals surface area contributed by atoms with Crippen LogP contribution in [0.3, 0.4) is 0 Å². The second-order valence-electron chi connectivity index (χ2n) is 5.65. The first kappa shape index (κ1) is 17.7. The summed E-state index contributed by atoms with van der Waals surface area (Å²) < 4.78 is 43.4. The number of hydrogen-bond acceptors (Lipinski definition) is 5. The number of hydrogen-bond donors (Lipinski definition) is 2. The van der Waals surface area contributed by atoms with Crippen LogP contribution >= 0.6 is 0 Å². The molecule has 0 aliphatic carbocycles. The number of pyridine rings is 1. The third-order valence-electron chi connectivity index (χ3n) is 3.82. The predicted molar refractivity (Wildman–Crippen MR) is 91.1 cm³/mol. The van der Waals surface area contributed by atoms with Crippen molar-refractivity contribution in [2.75, 3.05) is 11.9 Å². The Morgan fingerprint density at radius 3 is 2.77 bits per heavy atom. The Balaban J connectivity index is 2.08.